The molecule has 1 unspecified atom stereocenters. The van der Waals surface area contributed by atoms with Crippen LogP contribution in [0.2, 0.25) is 0 Å². The molecule has 0 amide bonds. The van der Waals surface area contributed by atoms with Crippen LogP contribution < -0.4 is 0 Å². The minimum atomic E-state index is -0.759. The Kier molecular flexibility index (Phi) is 3.90. The first-order chi connectivity index (χ1) is 9.00. The van der Waals surface area contributed by atoms with E-state index >= 15 is 0 Å². The van der Waals surface area contributed by atoms with Gasteiger partial charge in [0.1, 0.15) is 6.04 Å². The zero-order chi connectivity index (χ0) is 14.0. The van der Waals surface area contributed by atoms with Crippen LogP contribution in [0.3, 0.4) is 0 Å². The van der Waals surface area contributed by atoms with Crippen molar-refractivity contribution < 1.29 is 9.90 Å². The van der Waals surface area contributed by atoms with Gasteiger partial charge in [0.05, 0.1) is 0 Å². The van der Waals surface area contributed by atoms with E-state index < -0.39 is 12.0 Å². The van der Waals surface area contributed by atoms with Gasteiger partial charge in [-0.3, -0.25) is 9.69 Å². The van der Waals surface area contributed by atoms with Gasteiger partial charge in [0.2, 0.25) is 0 Å². The number of nitrogens with zero attached hydrogens (tertiary/aromatic N) is 2. The van der Waals surface area contributed by atoms with Crippen LogP contribution in [0.15, 0.2) is 30.5 Å². The third kappa shape index (κ3) is 2.79. The summed E-state index contributed by atoms with van der Waals surface area (Å²) in [6.07, 6.45) is 3.49. The van der Waals surface area contributed by atoms with Crippen molar-refractivity contribution >= 4 is 16.9 Å². The van der Waals surface area contributed by atoms with E-state index in [0.717, 1.165) is 6.42 Å². The number of rotatable bonds is 5. The van der Waals surface area contributed by atoms with E-state index in [1.165, 1.54) is 16.5 Å². The van der Waals surface area contributed by atoms with Crippen LogP contribution in [0, 0.1) is 0 Å². The lowest BCUT2D eigenvalue weighted by Gasteiger charge is -2.19. The lowest BCUT2D eigenvalue weighted by atomic mass is 10.0. The highest BCUT2D eigenvalue weighted by molar-refractivity contribution is 5.84. The van der Waals surface area contributed by atoms with E-state index in [9.17, 15) is 9.90 Å². The lowest BCUT2D eigenvalue weighted by Crippen LogP contribution is -2.35. The summed E-state index contributed by atoms with van der Waals surface area (Å²) in [6, 6.07) is 7.78. The minimum absolute atomic E-state index is 0.432. The van der Waals surface area contributed by atoms with Crippen LogP contribution in [-0.4, -0.2) is 40.7 Å². The van der Waals surface area contributed by atoms with Crippen LogP contribution in [0.25, 0.3) is 10.9 Å². The van der Waals surface area contributed by atoms with E-state index in [-0.39, 0.29) is 0 Å². The van der Waals surface area contributed by atoms with Gasteiger partial charge in [-0.2, -0.15) is 0 Å². The summed E-state index contributed by atoms with van der Waals surface area (Å²) in [5, 5.41) is 10.4. The van der Waals surface area contributed by atoms with Gasteiger partial charge in [-0.25, -0.2) is 0 Å². The summed E-state index contributed by atoms with van der Waals surface area (Å²) in [5.41, 5.74) is 2.40. The second-order valence-corrected chi connectivity index (χ2v) is 5.14. The van der Waals surface area contributed by atoms with Crippen molar-refractivity contribution in [1.82, 2.24) is 9.47 Å². The summed E-state index contributed by atoms with van der Waals surface area (Å²) in [6.45, 7) is 0. The Labute approximate surface area is 113 Å². The summed E-state index contributed by atoms with van der Waals surface area (Å²) >= 11 is 0. The van der Waals surface area contributed by atoms with Crippen molar-refractivity contribution in [2.75, 3.05) is 14.1 Å². The Morgan fingerprint density at radius 3 is 2.68 bits per heavy atom. The van der Waals surface area contributed by atoms with Crippen LogP contribution >= 0.6 is 0 Å². The highest BCUT2D eigenvalue weighted by Crippen LogP contribution is 2.22. The molecule has 0 aliphatic carbocycles. The largest absolute Gasteiger partial charge is 0.480 e. The average Bonchev–Trinajstić information content (AvgIpc) is 2.67. The molecule has 0 radical (unpaired) electrons. The second kappa shape index (κ2) is 5.45. The molecular formula is C15H20N2O2. The summed E-state index contributed by atoms with van der Waals surface area (Å²) in [7, 11) is 5.64. The Bertz CT molecular complexity index is 587. The number of likely N-dealkylation sites (N-methyl/N-ethyl adjacent to an activating group) is 1. The third-order valence-electron chi connectivity index (χ3n) is 3.57. The van der Waals surface area contributed by atoms with Crippen molar-refractivity contribution in [3.63, 3.8) is 0 Å². The maximum absolute atomic E-state index is 11.2. The Morgan fingerprint density at radius 2 is 2.05 bits per heavy atom. The molecule has 1 heterocycles. The number of aromatic nitrogens is 1. The number of carboxylic acid groups (broad SMARTS) is 1. The standard InChI is InChI=1S/C15H20N2O2/c1-16(2)14(15(18)19)9-8-11-10-17(3)13-7-5-4-6-12(11)13/h4-7,10,14H,8-9H2,1-3H3,(H,18,19). The fraction of sp³-hybridized carbons (Fsp3) is 0.400. The second-order valence-electron chi connectivity index (χ2n) is 5.14. The normalized spacial score (nSPS) is 13.1. The molecule has 1 N–H and O–H groups in total. The number of fused-ring (bicyclic) bond motifs is 1. The van der Waals surface area contributed by atoms with Crippen molar-refractivity contribution in [2.24, 2.45) is 7.05 Å². The number of hydrogen-bond donors (Lipinski definition) is 1. The van der Waals surface area contributed by atoms with Gasteiger partial charge < -0.3 is 9.67 Å². The van der Waals surface area contributed by atoms with Gasteiger partial charge in [0.25, 0.3) is 0 Å². The molecule has 0 bridgehead atoms. The number of aliphatic carboxylic acids is 1. The molecule has 4 heteroatoms. The van der Waals surface area contributed by atoms with Gasteiger partial charge in [0, 0.05) is 24.1 Å². The van der Waals surface area contributed by atoms with Crippen molar-refractivity contribution in [1.29, 1.82) is 0 Å². The highest BCUT2D eigenvalue weighted by atomic mass is 16.4. The molecule has 1 aromatic carbocycles. The predicted octanol–water partition coefficient (Wildman–Crippen LogP) is 2.13. The Morgan fingerprint density at radius 1 is 1.37 bits per heavy atom. The quantitative estimate of drug-likeness (QED) is 0.895. The summed E-state index contributed by atoms with van der Waals surface area (Å²) < 4.78 is 2.09. The molecular weight excluding hydrogens is 240 g/mol. The highest BCUT2D eigenvalue weighted by Gasteiger charge is 2.20. The van der Waals surface area contributed by atoms with Gasteiger partial charge in [-0.1, -0.05) is 18.2 Å². The zero-order valence-electron chi connectivity index (χ0n) is 11.6. The number of carbonyl (C=O) groups is 1. The van der Waals surface area contributed by atoms with Crippen LogP contribution in [0.4, 0.5) is 0 Å². The number of para-hydroxylation sites is 1. The molecule has 1 aromatic heterocycles. The SMILES string of the molecule is CN(C)C(CCc1cn(C)c2ccccc12)C(=O)O. The first kappa shape index (κ1) is 13.6. The lowest BCUT2D eigenvalue weighted by molar-refractivity contribution is -0.142. The maximum atomic E-state index is 11.2. The number of aryl methyl sites for hydroxylation is 2. The smallest absolute Gasteiger partial charge is 0.320 e. The molecule has 102 valence electrons. The summed E-state index contributed by atoms with van der Waals surface area (Å²) in [4.78, 5) is 12.9. The monoisotopic (exact) mass is 260 g/mol. The Balaban J connectivity index is 2.20. The van der Waals surface area contributed by atoms with Gasteiger partial charge in [-0.05, 0) is 38.6 Å². The van der Waals surface area contributed by atoms with E-state index in [1.54, 1.807) is 4.90 Å². The Hall–Kier alpha value is -1.81. The minimum Gasteiger partial charge on any atom is -0.480 e. The fourth-order valence-corrected chi connectivity index (χ4v) is 2.52. The van der Waals surface area contributed by atoms with Gasteiger partial charge in [0.15, 0.2) is 0 Å². The van der Waals surface area contributed by atoms with Crippen molar-refractivity contribution in [3.05, 3.63) is 36.0 Å². The average molecular weight is 260 g/mol. The number of carboxylic acids is 1. The van der Waals surface area contributed by atoms with Crippen LogP contribution in [0.5, 0.6) is 0 Å². The molecule has 1 atom stereocenters. The molecule has 19 heavy (non-hydrogen) atoms. The van der Waals surface area contributed by atoms with E-state index in [1.807, 2.05) is 33.3 Å². The van der Waals surface area contributed by atoms with Crippen molar-refractivity contribution in [2.45, 2.75) is 18.9 Å². The molecule has 0 spiro atoms. The molecule has 0 aliphatic rings. The summed E-state index contributed by atoms with van der Waals surface area (Å²) in [5.74, 6) is -0.759. The van der Waals surface area contributed by atoms with Crippen LogP contribution in [-0.2, 0) is 18.3 Å². The van der Waals surface area contributed by atoms with Crippen molar-refractivity contribution in [3.8, 4) is 0 Å². The van der Waals surface area contributed by atoms with E-state index in [0.29, 0.717) is 6.42 Å². The maximum Gasteiger partial charge on any atom is 0.320 e. The van der Waals surface area contributed by atoms with E-state index in [2.05, 4.69) is 22.9 Å². The molecule has 0 aliphatic heterocycles. The van der Waals surface area contributed by atoms with E-state index in [4.69, 9.17) is 0 Å². The molecule has 2 rings (SSSR count). The fourth-order valence-electron chi connectivity index (χ4n) is 2.52. The van der Waals surface area contributed by atoms with Gasteiger partial charge in [-0.15, -0.1) is 0 Å². The molecule has 2 aromatic rings. The first-order valence-electron chi connectivity index (χ1n) is 6.43. The third-order valence-corrected chi connectivity index (χ3v) is 3.57. The van der Waals surface area contributed by atoms with Gasteiger partial charge >= 0.3 is 5.97 Å². The molecule has 0 saturated carbocycles. The molecule has 4 nitrogen and oxygen atoms in total. The topological polar surface area (TPSA) is 45.5 Å². The first-order valence-corrected chi connectivity index (χ1v) is 6.43. The predicted molar refractivity (Wildman–Crippen MR) is 76.4 cm³/mol. The number of hydrogen-bond acceptors (Lipinski definition) is 2. The molecule has 0 saturated heterocycles. The van der Waals surface area contributed by atoms with Crippen LogP contribution in [0.1, 0.15) is 12.0 Å². The number of benzene rings is 1. The zero-order valence-corrected chi connectivity index (χ0v) is 11.6. The molecule has 0 fully saturated rings.